The van der Waals surface area contributed by atoms with E-state index < -0.39 is 29.4 Å². The van der Waals surface area contributed by atoms with Crippen LogP contribution in [0.25, 0.3) is 0 Å². The summed E-state index contributed by atoms with van der Waals surface area (Å²) in [5, 5.41) is 10.4. The molecule has 0 bridgehead atoms. The van der Waals surface area contributed by atoms with E-state index in [2.05, 4.69) is 11.3 Å². The topological polar surface area (TPSA) is 63.6 Å². The van der Waals surface area contributed by atoms with Gasteiger partial charge in [0.2, 0.25) is 0 Å². The molecule has 0 amide bonds. The van der Waals surface area contributed by atoms with Crippen molar-refractivity contribution in [1.82, 2.24) is 0 Å². The highest BCUT2D eigenvalue weighted by Crippen LogP contribution is 2.56. The van der Waals surface area contributed by atoms with E-state index in [9.17, 15) is 27.9 Å². The Bertz CT molecular complexity index is 926. The van der Waals surface area contributed by atoms with Crippen molar-refractivity contribution in [3.63, 3.8) is 0 Å². The number of fused-ring (bicyclic) bond motifs is 1. The van der Waals surface area contributed by atoms with E-state index in [1.165, 1.54) is 12.2 Å². The molecule has 0 heterocycles. The molecule has 1 aromatic rings. The molecule has 0 unspecified atom stereocenters. The molecule has 0 spiro atoms. The van der Waals surface area contributed by atoms with Gasteiger partial charge in [0.1, 0.15) is 11.5 Å². The van der Waals surface area contributed by atoms with Gasteiger partial charge in [-0.3, -0.25) is 9.59 Å². The Balaban J connectivity index is 2.20. The van der Waals surface area contributed by atoms with Crippen LogP contribution in [0.2, 0.25) is 0 Å². The Kier molecular flexibility index (Phi) is 4.73. The molecule has 148 valence electrons. The van der Waals surface area contributed by atoms with Gasteiger partial charge in [-0.05, 0) is 48.8 Å². The quantitative estimate of drug-likeness (QED) is 0.816. The first-order valence-corrected chi connectivity index (χ1v) is 8.67. The number of Topliss-reactive ketones (excluding diaryl/α,β-unsaturated/α-hetero) is 1. The van der Waals surface area contributed by atoms with Gasteiger partial charge in [0.15, 0.2) is 11.6 Å². The van der Waals surface area contributed by atoms with Gasteiger partial charge in [0.05, 0.1) is 5.41 Å². The third-order valence-electron chi connectivity index (χ3n) is 5.61. The number of alkyl halides is 3. The summed E-state index contributed by atoms with van der Waals surface area (Å²) in [4.78, 5) is 25.7. The number of phenols is 1. The SMILES string of the molecule is C=CC1=CC[C@H]2C(=O)C(C)=CC(=O)[C@@]2(C)[C@H]1c1cc(OC(F)(F)F)ccc1O. The number of carbonyl (C=O) groups is 2. The van der Waals surface area contributed by atoms with Crippen LogP contribution in [0.4, 0.5) is 13.2 Å². The zero-order chi connectivity index (χ0) is 20.9. The molecule has 1 N–H and O–H groups in total. The fraction of sp³-hybridized carbons (Fsp3) is 0.333. The van der Waals surface area contributed by atoms with Gasteiger partial charge in [-0.1, -0.05) is 25.7 Å². The van der Waals surface area contributed by atoms with E-state index in [1.807, 2.05) is 0 Å². The highest BCUT2D eigenvalue weighted by molar-refractivity contribution is 6.13. The maximum absolute atomic E-state index is 13.0. The number of phenolic OH excluding ortho intramolecular Hbond substituents is 1. The van der Waals surface area contributed by atoms with Crippen LogP contribution >= 0.6 is 0 Å². The van der Waals surface area contributed by atoms with E-state index in [1.54, 1.807) is 19.9 Å². The largest absolute Gasteiger partial charge is 0.573 e. The van der Waals surface area contributed by atoms with Crippen molar-refractivity contribution < 1.29 is 32.6 Å². The van der Waals surface area contributed by atoms with E-state index in [0.29, 0.717) is 17.6 Å². The summed E-state index contributed by atoms with van der Waals surface area (Å²) in [6, 6.07) is 3.13. The number of aromatic hydroxyl groups is 1. The molecule has 2 aliphatic carbocycles. The lowest BCUT2D eigenvalue weighted by Crippen LogP contribution is -2.49. The van der Waals surface area contributed by atoms with Crippen molar-refractivity contribution in [2.75, 3.05) is 0 Å². The molecular weight excluding hydrogens is 373 g/mol. The molecule has 0 saturated carbocycles. The summed E-state index contributed by atoms with van der Waals surface area (Å²) in [5.74, 6) is -2.83. The van der Waals surface area contributed by atoms with Crippen LogP contribution in [-0.4, -0.2) is 23.0 Å². The maximum Gasteiger partial charge on any atom is 0.573 e. The summed E-state index contributed by atoms with van der Waals surface area (Å²) >= 11 is 0. The van der Waals surface area contributed by atoms with E-state index in [0.717, 1.165) is 18.2 Å². The summed E-state index contributed by atoms with van der Waals surface area (Å²) in [6.45, 7) is 6.90. The number of ether oxygens (including phenoxy) is 1. The van der Waals surface area contributed by atoms with Crippen molar-refractivity contribution in [2.24, 2.45) is 11.3 Å². The lowest BCUT2D eigenvalue weighted by atomic mass is 9.53. The first kappa shape index (κ1) is 19.9. The summed E-state index contributed by atoms with van der Waals surface area (Å²) in [6.07, 6.45) is -0.0915. The van der Waals surface area contributed by atoms with Crippen molar-refractivity contribution in [3.05, 3.63) is 59.7 Å². The lowest BCUT2D eigenvalue weighted by Gasteiger charge is -2.47. The predicted octanol–water partition coefficient (Wildman–Crippen LogP) is 4.61. The Morgan fingerprint density at radius 1 is 1.32 bits per heavy atom. The Hall–Kier alpha value is -2.83. The summed E-state index contributed by atoms with van der Waals surface area (Å²) in [7, 11) is 0. The van der Waals surface area contributed by atoms with Crippen LogP contribution in [-0.2, 0) is 9.59 Å². The lowest BCUT2D eigenvalue weighted by molar-refractivity contribution is -0.274. The third-order valence-corrected chi connectivity index (χ3v) is 5.61. The third kappa shape index (κ3) is 3.15. The Labute approximate surface area is 160 Å². The molecule has 0 radical (unpaired) electrons. The van der Waals surface area contributed by atoms with Crippen LogP contribution in [0.15, 0.2) is 54.2 Å². The van der Waals surface area contributed by atoms with E-state index >= 15 is 0 Å². The molecule has 2 aliphatic rings. The van der Waals surface area contributed by atoms with Gasteiger partial charge >= 0.3 is 6.36 Å². The highest BCUT2D eigenvalue weighted by Gasteiger charge is 2.55. The van der Waals surface area contributed by atoms with Gasteiger partial charge in [0.25, 0.3) is 0 Å². The van der Waals surface area contributed by atoms with E-state index in [-0.39, 0.29) is 22.9 Å². The minimum absolute atomic E-state index is 0.0780. The van der Waals surface area contributed by atoms with Gasteiger partial charge < -0.3 is 9.84 Å². The van der Waals surface area contributed by atoms with Crippen LogP contribution in [0.1, 0.15) is 31.7 Å². The van der Waals surface area contributed by atoms with Crippen LogP contribution < -0.4 is 4.74 Å². The number of rotatable bonds is 3. The molecule has 28 heavy (non-hydrogen) atoms. The number of hydrogen-bond acceptors (Lipinski definition) is 4. The van der Waals surface area contributed by atoms with Gasteiger partial charge in [-0.2, -0.15) is 0 Å². The second kappa shape index (κ2) is 6.65. The molecule has 1 aromatic carbocycles. The standard InChI is InChI=1S/C21H19F3O4/c1-4-12-5-7-15-19(27)11(2)9-17(26)20(15,3)18(12)14-10-13(6-8-16(14)25)28-21(22,23)24/h4-6,8-10,15,18,25H,1,7H2,2-3H3/t15-,18+,20-/m0/s1. The fourth-order valence-corrected chi connectivity index (χ4v) is 4.22. The van der Waals surface area contributed by atoms with Gasteiger partial charge in [-0.25, -0.2) is 0 Å². The smallest absolute Gasteiger partial charge is 0.508 e. The molecule has 0 aromatic heterocycles. The molecule has 0 saturated heterocycles. The average Bonchev–Trinajstić information content (AvgIpc) is 2.60. The first-order chi connectivity index (χ1) is 13.0. The highest BCUT2D eigenvalue weighted by atomic mass is 19.4. The minimum Gasteiger partial charge on any atom is -0.508 e. The molecular formula is C21H19F3O4. The summed E-state index contributed by atoms with van der Waals surface area (Å²) < 4.78 is 41.9. The number of benzene rings is 1. The molecule has 0 aliphatic heterocycles. The molecule has 3 rings (SSSR count). The molecule has 7 heteroatoms. The van der Waals surface area contributed by atoms with Crippen LogP contribution in [0.3, 0.4) is 0 Å². The summed E-state index contributed by atoms with van der Waals surface area (Å²) in [5.41, 5.74) is -0.273. The number of allylic oxidation sites excluding steroid dienone is 5. The van der Waals surface area contributed by atoms with Gasteiger partial charge in [-0.15, -0.1) is 13.2 Å². The number of ketones is 2. The normalized spacial score (nSPS) is 27.6. The van der Waals surface area contributed by atoms with Crippen LogP contribution in [0.5, 0.6) is 11.5 Å². The Morgan fingerprint density at radius 2 is 2.00 bits per heavy atom. The van der Waals surface area contributed by atoms with Gasteiger partial charge in [0, 0.05) is 17.4 Å². The fourth-order valence-electron chi connectivity index (χ4n) is 4.22. The zero-order valence-electron chi connectivity index (χ0n) is 15.3. The molecule has 3 atom stereocenters. The predicted molar refractivity (Wildman–Crippen MR) is 95.8 cm³/mol. The minimum atomic E-state index is -4.90. The van der Waals surface area contributed by atoms with Crippen molar-refractivity contribution in [2.45, 2.75) is 32.5 Å². The monoisotopic (exact) mass is 392 g/mol. The van der Waals surface area contributed by atoms with Crippen LogP contribution in [0, 0.1) is 11.3 Å². The average molecular weight is 392 g/mol. The number of carbonyl (C=O) groups excluding carboxylic acids is 2. The molecule has 0 fully saturated rings. The zero-order valence-corrected chi connectivity index (χ0v) is 15.3. The Morgan fingerprint density at radius 3 is 2.61 bits per heavy atom. The first-order valence-electron chi connectivity index (χ1n) is 8.67. The second-order valence-electron chi connectivity index (χ2n) is 7.24. The molecule has 4 nitrogen and oxygen atoms in total. The number of hydrogen-bond donors (Lipinski definition) is 1. The second-order valence-corrected chi connectivity index (χ2v) is 7.24. The maximum atomic E-state index is 13.0. The van der Waals surface area contributed by atoms with Crippen molar-refractivity contribution in [1.29, 1.82) is 0 Å². The van der Waals surface area contributed by atoms with Crippen molar-refractivity contribution in [3.8, 4) is 11.5 Å². The van der Waals surface area contributed by atoms with Crippen molar-refractivity contribution >= 4 is 11.6 Å². The van der Waals surface area contributed by atoms with E-state index in [4.69, 9.17) is 0 Å². The number of halogens is 3.